The molecule has 2 N–H and O–H groups in total. The summed E-state index contributed by atoms with van der Waals surface area (Å²) in [5.41, 5.74) is 12.3. The molecule has 28 heavy (non-hydrogen) atoms. The number of rotatable bonds is 5. The van der Waals surface area contributed by atoms with Crippen LogP contribution in [0.5, 0.6) is 5.75 Å². The summed E-state index contributed by atoms with van der Waals surface area (Å²) in [5, 5.41) is 1.16. The Balaban J connectivity index is 1.70. The molecular weight excluding hydrogens is 344 g/mol. The zero-order valence-corrected chi connectivity index (χ0v) is 16.2. The molecule has 0 amide bonds. The monoisotopic (exact) mass is 368 g/mol. The molecule has 4 rings (SSSR count). The minimum atomic E-state index is 0.446. The Kier molecular flexibility index (Phi) is 4.98. The molecule has 0 aliphatic carbocycles. The lowest BCUT2D eigenvalue weighted by Crippen LogP contribution is -2.00. The van der Waals surface area contributed by atoms with Crippen molar-refractivity contribution in [1.82, 2.24) is 4.98 Å². The molecule has 4 aromatic rings. The quantitative estimate of drug-likeness (QED) is 0.427. The molecule has 0 atom stereocenters. The number of nitrogen functional groups attached to an aromatic ring is 1. The lowest BCUT2D eigenvalue weighted by atomic mass is 9.94. The van der Waals surface area contributed by atoms with Crippen molar-refractivity contribution in [3.05, 3.63) is 90.1 Å². The number of benzene rings is 3. The third-order valence-electron chi connectivity index (χ3n) is 4.99. The van der Waals surface area contributed by atoms with E-state index in [0.29, 0.717) is 12.5 Å². The normalized spacial score (nSPS) is 11.1. The predicted molar refractivity (Wildman–Crippen MR) is 116 cm³/mol. The van der Waals surface area contributed by atoms with Gasteiger partial charge < -0.3 is 10.5 Å². The summed E-state index contributed by atoms with van der Waals surface area (Å²) in [4.78, 5) is 4.64. The minimum absolute atomic E-state index is 0.446. The Morgan fingerprint density at radius 2 is 1.79 bits per heavy atom. The van der Waals surface area contributed by atoms with Crippen molar-refractivity contribution in [3.8, 4) is 16.9 Å². The van der Waals surface area contributed by atoms with Crippen LogP contribution in [0.3, 0.4) is 0 Å². The second-order valence-corrected chi connectivity index (χ2v) is 7.31. The van der Waals surface area contributed by atoms with Crippen molar-refractivity contribution in [1.29, 1.82) is 0 Å². The van der Waals surface area contributed by atoms with Crippen LogP contribution in [0.15, 0.2) is 79.0 Å². The molecule has 3 aromatic carbocycles. The summed E-state index contributed by atoms with van der Waals surface area (Å²) < 4.78 is 6.02. The number of para-hydroxylation sites is 1. The molecule has 0 bridgehead atoms. The molecule has 0 unspecified atom stereocenters. The molecule has 0 saturated carbocycles. The number of pyridine rings is 1. The van der Waals surface area contributed by atoms with Gasteiger partial charge in [0.2, 0.25) is 0 Å². The lowest BCUT2D eigenvalue weighted by molar-refractivity contribution is 0.307. The molecule has 140 valence electrons. The van der Waals surface area contributed by atoms with Crippen LogP contribution in [-0.4, -0.2) is 4.98 Å². The molecule has 1 heterocycles. The van der Waals surface area contributed by atoms with Gasteiger partial charge in [0.15, 0.2) is 0 Å². The highest BCUT2D eigenvalue weighted by molar-refractivity contribution is 5.94. The number of fused-ring (bicyclic) bond motifs is 1. The van der Waals surface area contributed by atoms with Crippen molar-refractivity contribution < 1.29 is 4.74 Å². The number of nitrogens with zero attached hydrogens (tertiary/aromatic N) is 1. The van der Waals surface area contributed by atoms with Crippen molar-refractivity contribution in [3.63, 3.8) is 0 Å². The van der Waals surface area contributed by atoms with Gasteiger partial charge in [-0.3, -0.25) is 4.98 Å². The van der Waals surface area contributed by atoms with Gasteiger partial charge in [-0.05, 0) is 53.4 Å². The SMILES string of the molecule is CC(C)c1cc(-c2cccc(OCc3ccccc3N)c2)c2ncccc2c1. The van der Waals surface area contributed by atoms with Crippen LogP contribution < -0.4 is 10.5 Å². The summed E-state index contributed by atoms with van der Waals surface area (Å²) in [6.07, 6.45) is 1.85. The summed E-state index contributed by atoms with van der Waals surface area (Å²) in [5.74, 6) is 1.27. The van der Waals surface area contributed by atoms with Crippen molar-refractivity contribution >= 4 is 16.6 Å². The highest BCUT2D eigenvalue weighted by Gasteiger charge is 2.11. The van der Waals surface area contributed by atoms with Crippen LogP contribution in [0, 0.1) is 0 Å². The molecule has 0 fully saturated rings. The third kappa shape index (κ3) is 3.70. The van der Waals surface area contributed by atoms with Gasteiger partial charge in [0.05, 0.1) is 5.52 Å². The summed E-state index contributed by atoms with van der Waals surface area (Å²) in [7, 11) is 0. The second-order valence-electron chi connectivity index (χ2n) is 7.31. The highest BCUT2D eigenvalue weighted by atomic mass is 16.5. The van der Waals surface area contributed by atoms with Crippen LogP contribution in [-0.2, 0) is 6.61 Å². The fourth-order valence-corrected chi connectivity index (χ4v) is 3.35. The average molecular weight is 368 g/mol. The van der Waals surface area contributed by atoms with E-state index in [1.165, 1.54) is 5.56 Å². The molecule has 3 nitrogen and oxygen atoms in total. The second kappa shape index (κ2) is 7.73. The zero-order chi connectivity index (χ0) is 19.5. The zero-order valence-electron chi connectivity index (χ0n) is 16.2. The smallest absolute Gasteiger partial charge is 0.120 e. The van der Waals surface area contributed by atoms with E-state index in [1.54, 1.807) is 0 Å². The van der Waals surface area contributed by atoms with Gasteiger partial charge in [-0.25, -0.2) is 0 Å². The van der Waals surface area contributed by atoms with E-state index in [9.17, 15) is 0 Å². The van der Waals surface area contributed by atoms with E-state index < -0.39 is 0 Å². The van der Waals surface area contributed by atoms with Gasteiger partial charge in [0, 0.05) is 28.4 Å². The van der Waals surface area contributed by atoms with Crippen molar-refractivity contribution in [2.24, 2.45) is 0 Å². The van der Waals surface area contributed by atoms with Gasteiger partial charge in [-0.15, -0.1) is 0 Å². The molecule has 3 heteroatoms. The molecule has 0 radical (unpaired) electrons. The predicted octanol–water partition coefficient (Wildman–Crippen LogP) is 6.19. The maximum atomic E-state index is 6.02. The van der Waals surface area contributed by atoms with Gasteiger partial charge in [-0.1, -0.05) is 50.2 Å². The van der Waals surface area contributed by atoms with E-state index in [-0.39, 0.29) is 0 Å². The maximum absolute atomic E-state index is 6.02. The van der Waals surface area contributed by atoms with E-state index in [2.05, 4.69) is 49.2 Å². The Morgan fingerprint density at radius 1 is 0.929 bits per heavy atom. The summed E-state index contributed by atoms with van der Waals surface area (Å²) >= 11 is 0. The highest BCUT2D eigenvalue weighted by Crippen LogP contribution is 2.33. The van der Waals surface area contributed by atoms with E-state index in [1.807, 2.05) is 48.7 Å². The first-order valence-electron chi connectivity index (χ1n) is 9.57. The Hall–Kier alpha value is -3.33. The Labute approximate surface area is 165 Å². The van der Waals surface area contributed by atoms with E-state index in [4.69, 9.17) is 10.5 Å². The number of nitrogens with two attached hydrogens (primary N) is 1. The molecule has 0 aliphatic heterocycles. The molecule has 0 spiro atoms. The topological polar surface area (TPSA) is 48.1 Å². The van der Waals surface area contributed by atoms with Gasteiger partial charge >= 0.3 is 0 Å². The molecule has 0 saturated heterocycles. The molecular formula is C25H24N2O. The fraction of sp³-hybridized carbons (Fsp3) is 0.160. The van der Waals surface area contributed by atoms with Crippen molar-refractivity contribution in [2.45, 2.75) is 26.4 Å². The maximum Gasteiger partial charge on any atom is 0.120 e. The Morgan fingerprint density at radius 3 is 2.61 bits per heavy atom. The Bertz CT molecular complexity index is 1120. The molecule has 0 aliphatic rings. The number of aromatic nitrogens is 1. The standard InChI is InChI=1S/C25H24N2O/c1-17(2)21-13-19-9-6-12-27-25(19)23(15-21)18-8-5-10-22(14-18)28-16-20-7-3-4-11-24(20)26/h3-15,17H,16,26H2,1-2H3. The first-order chi connectivity index (χ1) is 13.6. The van der Waals surface area contributed by atoms with Gasteiger partial charge in [0.25, 0.3) is 0 Å². The van der Waals surface area contributed by atoms with Gasteiger partial charge in [0.1, 0.15) is 12.4 Å². The number of ether oxygens (including phenoxy) is 1. The fourth-order valence-electron chi connectivity index (χ4n) is 3.35. The van der Waals surface area contributed by atoms with Crippen LogP contribution in [0.1, 0.15) is 30.9 Å². The largest absolute Gasteiger partial charge is 0.489 e. The third-order valence-corrected chi connectivity index (χ3v) is 4.99. The first-order valence-corrected chi connectivity index (χ1v) is 9.57. The van der Waals surface area contributed by atoms with E-state index >= 15 is 0 Å². The number of anilines is 1. The lowest BCUT2D eigenvalue weighted by Gasteiger charge is -2.14. The van der Waals surface area contributed by atoms with Crippen molar-refractivity contribution in [2.75, 3.05) is 5.73 Å². The van der Waals surface area contributed by atoms with E-state index in [0.717, 1.165) is 39.0 Å². The van der Waals surface area contributed by atoms with Crippen LogP contribution >= 0.6 is 0 Å². The number of hydrogen-bond donors (Lipinski definition) is 1. The van der Waals surface area contributed by atoms with Gasteiger partial charge in [-0.2, -0.15) is 0 Å². The summed E-state index contributed by atoms with van der Waals surface area (Å²) in [6, 6.07) is 24.6. The minimum Gasteiger partial charge on any atom is -0.489 e. The van der Waals surface area contributed by atoms with Crippen LogP contribution in [0.4, 0.5) is 5.69 Å². The first kappa shape index (κ1) is 18.1. The van der Waals surface area contributed by atoms with Crippen LogP contribution in [0.2, 0.25) is 0 Å². The number of hydrogen-bond acceptors (Lipinski definition) is 3. The average Bonchev–Trinajstić information content (AvgIpc) is 2.72. The molecule has 1 aromatic heterocycles. The summed E-state index contributed by atoms with van der Waals surface area (Å²) in [6.45, 7) is 4.87. The van der Waals surface area contributed by atoms with Crippen LogP contribution in [0.25, 0.3) is 22.0 Å².